The van der Waals surface area contributed by atoms with Gasteiger partial charge in [0.25, 0.3) is 0 Å². The van der Waals surface area contributed by atoms with Crippen molar-refractivity contribution < 1.29 is 9.90 Å². The summed E-state index contributed by atoms with van der Waals surface area (Å²) in [4.78, 5) is 10.5. The molecule has 0 saturated heterocycles. The number of hydrogen-bond donors (Lipinski definition) is 1. The van der Waals surface area contributed by atoms with Crippen molar-refractivity contribution in [1.82, 2.24) is 39.1 Å². The van der Waals surface area contributed by atoms with Crippen LogP contribution in [0.25, 0.3) is 0 Å². The fraction of sp³-hybridized carbons (Fsp3) is 0.458. The highest BCUT2D eigenvalue weighted by molar-refractivity contribution is 14.1. The van der Waals surface area contributed by atoms with Gasteiger partial charge in [0, 0.05) is 63.1 Å². The first-order chi connectivity index (χ1) is 17.6. The number of carbonyl (C=O) groups is 1. The molecule has 4 heterocycles. The molecule has 0 fully saturated rings. The molecule has 4 aromatic heterocycles. The molecule has 13 heteroatoms. The lowest BCUT2D eigenvalue weighted by Gasteiger charge is -2.08. The van der Waals surface area contributed by atoms with E-state index in [2.05, 4.69) is 74.8 Å². The van der Waals surface area contributed by atoms with E-state index in [0.29, 0.717) is 10.2 Å². The highest BCUT2D eigenvalue weighted by atomic mass is 127. The predicted octanol–water partition coefficient (Wildman–Crippen LogP) is 5.11. The minimum absolute atomic E-state index is 0.670. The van der Waals surface area contributed by atoms with E-state index < -0.39 is 6.10 Å². The summed E-state index contributed by atoms with van der Waals surface area (Å²) in [6.45, 7) is 9.69. The van der Waals surface area contributed by atoms with Gasteiger partial charge in [-0.15, -0.1) is 0 Å². The second-order valence-electron chi connectivity index (χ2n) is 7.99. The number of aromatic nitrogens is 8. The maximum Gasteiger partial charge on any atom is 0.153 e. The number of aryl methyl sites for hydroxylation is 6. The van der Waals surface area contributed by atoms with E-state index in [0.717, 1.165) is 62.9 Å². The minimum atomic E-state index is -0.691. The quantitative estimate of drug-likeness (QED) is 0.208. The molecule has 10 nitrogen and oxygen atoms in total. The van der Waals surface area contributed by atoms with E-state index in [1.165, 1.54) is 0 Å². The zero-order valence-corrected chi connectivity index (χ0v) is 27.2. The number of hydrogen-bond acceptors (Lipinski definition) is 6. The van der Waals surface area contributed by atoms with Gasteiger partial charge in [-0.05, 0) is 81.1 Å². The van der Waals surface area contributed by atoms with Gasteiger partial charge >= 0.3 is 0 Å². The monoisotopic (exact) mass is 750 g/mol. The number of carbonyl (C=O) groups excluding carboxylic acids is 1. The smallest absolute Gasteiger partial charge is 0.153 e. The van der Waals surface area contributed by atoms with Crippen LogP contribution < -0.4 is 0 Å². The van der Waals surface area contributed by atoms with Crippen LogP contribution in [0.2, 0.25) is 0 Å². The number of aliphatic hydroxyl groups excluding tert-OH is 1. The third kappa shape index (κ3) is 8.58. The van der Waals surface area contributed by atoms with Crippen LogP contribution in [0.1, 0.15) is 66.7 Å². The zero-order chi connectivity index (χ0) is 27.7. The van der Waals surface area contributed by atoms with E-state index >= 15 is 0 Å². The molecule has 0 saturated carbocycles. The van der Waals surface area contributed by atoms with Gasteiger partial charge < -0.3 is 5.11 Å². The van der Waals surface area contributed by atoms with Gasteiger partial charge in [0.1, 0.15) is 15.3 Å². The molecular weight excluding hydrogens is 719 g/mol. The molecule has 0 aromatic carbocycles. The molecule has 0 aliphatic rings. The Balaban J connectivity index is 0.000000215. The Labute approximate surface area is 247 Å². The first-order valence-electron chi connectivity index (χ1n) is 11.9. The summed E-state index contributed by atoms with van der Waals surface area (Å²) in [5, 5.41) is 27.3. The van der Waals surface area contributed by atoms with Gasteiger partial charge in [0.05, 0.1) is 20.5 Å². The number of halogens is 3. The van der Waals surface area contributed by atoms with Crippen molar-refractivity contribution >= 4 is 60.7 Å². The van der Waals surface area contributed by atoms with Crippen LogP contribution >= 0.6 is 54.5 Å². The van der Waals surface area contributed by atoms with E-state index in [9.17, 15) is 9.90 Å². The topological polar surface area (TPSA) is 109 Å². The lowest BCUT2D eigenvalue weighted by Crippen LogP contribution is -2.01. The average Bonchev–Trinajstić information content (AvgIpc) is 3.64. The first-order valence-corrected chi connectivity index (χ1v) is 14.5. The van der Waals surface area contributed by atoms with Crippen LogP contribution in [-0.2, 0) is 40.0 Å². The molecular formula is C24H33Br2IN8O2. The van der Waals surface area contributed by atoms with Gasteiger partial charge in [-0.3, -0.25) is 23.5 Å². The van der Waals surface area contributed by atoms with Gasteiger partial charge in [-0.25, -0.2) is 0 Å². The third-order valence-electron chi connectivity index (χ3n) is 5.33. The second kappa shape index (κ2) is 14.9. The van der Waals surface area contributed by atoms with Gasteiger partial charge in [-0.1, -0.05) is 13.8 Å². The molecule has 0 aliphatic heterocycles. The molecule has 0 radical (unpaired) electrons. The second-order valence-corrected chi connectivity index (χ2v) is 10.7. The Morgan fingerprint density at radius 1 is 0.838 bits per heavy atom. The van der Waals surface area contributed by atoms with Crippen molar-refractivity contribution in [3.8, 4) is 0 Å². The predicted molar refractivity (Wildman–Crippen MR) is 159 cm³/mol. The molecule has 1 atom stereocenters. The molecule has 0 bridgehead atoms. The molecule has 37 heavy (non-hydrogen) atoms. The summed E-state index contributed by atoms with van der Waals surface area (Å²) in [5.74, 6) is 0. The average molecular weight is 752 g/mol. The van der Waals surface area contributed by atoms with Crippen molar-refractivity contribution in [2.45, 2.75) is 59.7 Å². The van der Waals surface area contributed by atoms with Gasteiger partial charge in [-0.2, -0.15) is 20.4 Å². The van der Waals surface area contributed by atoms with Gasteiger partial charge in [0.2, 0.25) is 0 Å². The highest BCUT2D eigenvalue weighted by Gasteiger charge is 2.21. The molecule has 4 aromatic rings. The van der Waals surface area contributed by atoms with Crippen LogP contribution in [-0.4, -0.2) is 50.5 Å². The largest absolute Gasteiger partial charge is 0.383 e. The molecule has 4 rings (SSSR count). The Morgan fingerprint density at radius 3 is 1.76 bits per heavy atom. The van der Waals surface area contributed by atoms with Crippen molar-refractivity contribution in [1.29, 1.82) is 0 Å². The lowest BCUT2D eigenvalue weighted by atomic mass is 10.0. The number of aldehydes is 1. The maximum atomic E-state index is 10.5. The Morgan fingerprint density at radius 2 is 1.38 bits per heavy atom. The molecule has 1 N–H and O–H groups in total. The Hall–Kier alpha value is -1.84. The fourth-order valence-electron chi connectivity index (χ4n) is 3.42. The van der Waals surface area contributed by atoms with Gasteiger partial charge in [0.15, 0.2) is 6.29 Å². The van der Waals surface area contributed by atoms with Crippen molar-refractivity contribution in [2.75, 3.05) is 0 Å². The van der Waals surface area contributed by atoms with Crippen molar-refractivity contribution in [3.05, 3.63) is 65.6 Å². The molecule has 0 spiro atoms. The first kappa shape index (κ1) is 31.4. The van der Waals surface area contributed by atoms with E-state index in [-0.39, 0.29) is 0 Å². The van der Waals surface area contributed by atoms with Crippen LogP contribution in [0.3, 0.4) is 0 Å². The normalized spacial score (nSPS) is 11.4. The fourth-order valence-corrected chi connectivity index (χ4v) is 4.85. The summed E-state index contributed by atoms with van der Waals surface area (Å²) in [6, 6.07) is 0. The minimum Gasteiger partial charge on any atom is -0.383 e. The number of rotatable bonds is 7. The van der Waals surface area contributed by atoms with Crippen LogP contribution in [0.5, 0.6) is 0 Å². The number of aliphatic hydroxyl groups is 1. The Kier molecular flexibility index (Phi) is 12.7. The summed E-state index contributed by atoms with van der Waals surface area (Å²) in [6.07, 6.45) is 9.25. The summed E-state index contributed by atoms with van der Waals surface area (Å²) < 4.78 is 9.81. The third-order valence-corrected chi connectivity index (χ3v) is 8.06. The molecule has 0 amide bonds. The maximum absolute atomic E-state index is 10.5. The van der Waals surface area contributed by atoms with Crippen molar-refractivity contribution in [3.63, 3.8) is 0 Å². The highest BCUT2D eigenvalue weighted by Crippen LogP contribution is 2.29. The molecule has 0 aliphatic carbocycles. The number of nitrogens with zero attached hydrogens (tertiary/aromatic N) is 8. The molecule has 1 unspecified atom stereocenters. The summed E-state index contributed by atoms with van der Waals surface area (Å²) in [7, 11) is 3.73. The van der Waals surface area contributed by atoms with Crippen molar-refractivity contribution in [2.24, 2.45) is 14.1 Å². The lowest BCUT2D eigenvalue weighted by molar-refractivity contribution is 0.112. The van der Waals surface area contributed by atoms with Crippen LogP contribution in [0.4, 0.5) is 0 Å². The summed E-state index contributed by atoms with van der Waals surface area (Å²) in [5.41, 5.74) is 4.16. The van der Waals surface area contributed by atoms with E-state index in [4.69, 9.17) is 0 Å². The van der Waals surface area contributed by atoms with E-state index in [1.54, 1.807) is 20.2 Å². The van der Waals surface area contributed by atoms with Crippen LogP contribution in [0.15, 0.2) is 34.0 Å². The van der Waals surface area contributed by atoms with E-state index in [1.807, 2.05) is 65.1 Å². The standard InChI is InChI=1S/C12H17BrN4O.C8H12N2O.C4H4BrIN2/c1-4-10-8(7-17(5-2)14-10)11(18)9-6-16(3)15-12(9)13;1-3-8-7(6-11)5-10(4-2)9-8;1-8-2-3(6)4(5)7-8/h6-7,11,18H,4-5H2,1-3H3;5-6H,3-4H2,1-2H3;2H,1H3. The molecule has 202 valence electrons. The zero-order valence-electron chi connectivity index (χ0n) is 21.9. The summed E-state index contributed by atoms with van der Waals surface area (Å²) >= 11 is 8.86. The SMILES string of the molecule is CCc1nn(CC)cc1C(O)c1cn(C)nc1Br.CCc1nn(CC)cc1C=O.Cn1cc(I)c(Br)n1. The van der Waals surface area contributed by atoms with Crippen LogP contribution in [0, 0.1) is 3.57 Å². The Bertz CT molecular complexity index is 1270.